The molecule has 3 N–H and O–H groups in total. The molecule has 1 aliphatic heterocycles. The Balaban J connectivity index is 1.32. The van der Waals surface area contributed by atoms with Gasteiger partial charge in [0.05, 0.1) is 22.7 Å². The monoisotopic (exact) mass is 577 g/mol. The summed E-state index contributed by atoms with van der Waals surface area (Å²) in [6.07, 6.45) is -3.06. The highest BCUT2D eigenvalue weighted by molar-refractivity contribution is 7.80. The molecule has 0 radical (unpaired) electrons. The van der Waals surface area contributed by atoms with E-state index in [0.29, 0.717) is 10.9 Å². The Morgan fingerprint density at radius 3 is 2.29 bits per heavy atom. The normalized spacial score (nSPS) is 13.6. The van der Waals surface area contributed by atoms with Gasteiger partial charge in [-0.05, 0) is 53.9 Å². The van der Waals surface area contributed by atoms with Crippen LogP contribution >= 0.6 is 12.2 Å². The van der Waals surface area contributed by atoms with Gasteiger partial charge in [0, 0.05) is 18.1 Å². The maximum Gasteiger partial charge on any atom is 0.416 e. The Kier molecular flexibility index (Phi) is 7.66. The highest BCUT2D eigenvalue weighted by atomic mass is 32.1. The highest BCUT2D eigenvalue weighted by Gasteiger charge is 2.37. The second-order valence-corrected chi connectivity index (χ2v) is 9.71. The second kappa shape index (κ2) is 11.3. The van der Waals surface area contributed by atoms with Crippen LogP contribution in [0.5, 0.6) is 0 Å². The first kappa shape index (κ1) is 27.7. The van der Waals surface area contributed by atoms with Gasteiger partial charge in [-0.3, -0.25) is 35.1 Å². The number of hydrazine groups is 1. The van der Waals surface area contributed by atoms with Gasteiger partial charge in [-0.15, -0.1) is 0 Å². The lowest BCUT2D eigenvalue weighted by molar-refractivity contribution is -0.137. The van der Waals surface area contributed by atoms with Crippen molar-refractivity contribution in [3.05, 3.63) is 113 Å². The largest absolute Gasteiger partial charge is 0.416 e. The predicted molar refractivity (Wildman–Crippen MR) is 149 cm³/mol. The van der Waals surface area contributed by atoms with Crippen LogP contribution in [0.15, 0.2) is 85.1 Å². The van der Waals surface area contributed by atoms with Gasteiger partial charge in [-0.2, -0.15) is 13.2 Å². The van der Waals surface area contributed by atoms with E-state index in [9.17, 15) is 27.6 Å². The van der Waals surface area contributed by atoms with Gasteiger partial charge in [0.1, 0.15) is 5.69 Å². The summed E-state index contributed by atoms with van der Waals surface area (Å²) in [5.74, 6) is -1.60. The third-order valence-electron chi connectivity index (χ3n) is 6.53. The maximum absolute atomic E-state index is 13.3. The molecular formula is C29H22F3N5O3S. The molecule has 1 aliphatic rings. The molecule has 2 heterocycles. The lowest BCUT2D eigenvalue weighted by Gasteiger charge is -2.25. The average molecular weight is 578 g/mol. The van der Waals surface area contributed by atoms with E-state index in [-0.39, 0.29) is 34.9 Å². The van der Waals surface area contributed by atoms with Crippen LogP contribution in [0, 0.1) is 0 Å². The van der Waals surface area contributed by atoms with Crippen LogP contribution in [0.1, 0.15) is 42.3 Å². The van der Waals surface area contributed by atoms with Crippen molar-refractivity contribution < 1.29 is 27.6 Å². The van der Waals surface area contributed by atoms with E-state index in [4.69, 9.17) is 12.2 Å². The molecule has 12 heteroatoms. The minimum absolute atomic E-state index is 0.0159. The fourth-order valence-corrected chi connectivity index (χ4v) is 4.86. The summed E-state index contributed by atoms with van der Waals surface area (Å²) in [5.41, 5.74) is 5.16. The van der Waals surface area contributed by atoms with Gasteiger partial charge >= 0.3 is 6.18 Å². The van der Waals surface area contributed by atoms with Gasteiger partial charge in [-0.25, -0.2) is 0 Å². The number of imide groups is 1. The van der Waals surface area contributed by atoms with Crippen LogP contribution in [0.2, 0.25) is 0 Å². The summed E-state index contributed by atoms with van der Waals surface area (Å²) in [4.78, 5) is 43.9. The third kappa shape index (κ3) is 6.02. The van der Waals surface area contributed by atoms with Crippen LogP contribution < -0.4 is 16.2 Å². The molecule has 3 amide bonds. The molecule has 0 fully saturated rings. The Labute approximate surface area is 237 Å². The van der Waals surface area contributed by atoms with E-state index in [1.165, 1.54) is 30.5 Å². The van der Waals surface area contributed by atoms with E-state index in [2.05, 4.69) is 21.2 Å². The topological polar surface area (TPSA) is 103 Å². The molecule has 0 saturated carbocycles. The molecule has 208 valence electrons. The summed E-state index contributed by atoms with van der Waals surface area (Å²) >= 11 is 5.34. The van der Waals surface area contributed by atoms with Crippen LogP contribution in [0.4, 0.5) is 13.2 Å². The molecule has 41 heavy (non-hydrogen) atoms. The minimum Gasteiger partial charge on any atom is -0.356 e. The number of hydrogen-bond acceptors (Lipinski definition) is 5. The zero-order valence-corrected chi connectivity index (χ0v) is 22.1. The molecule has 1 atom stereocenters. The number of nitrogens with zero attached hydrogens (tertiary/aromatic N) is 2. The lowest BCUT2D eigenvalue weighted by Crippen LogP contribution is -2.53. The molecule has 0 unspecified atom stereocenters. The van der Waals surface area contributed by atoms with Crippen molar-refractivity contribution in [3.8, 4) is 0 Å². The molecule has 1 aromatic heterocycles. The minimum atomic E-state index is -4.54. The number of halogens is 3. The van der Waals surface area contributed by atoms with E-state index < -0.39 is 35.5 Å². The number of rotatable bonds is 6. The van der Waals surface area contributed by atoms with E-state index >= 15 is 0 Å². The van der Waals surface area contributed by atoms with Crippen LogP contribution in [0.25, 0.3) is 10.8 Å². The Bertz CT molecular complexity index is 1640. The first-order chi connectivity index (χ1) is 19.6. The standard InChI is InChI=1S/C29H22F3N5O3S/c30-29(31,32)19-8-5-6-17(14-19)15-20(16-37-26(39)22-10-3-4-11-23(22)27(37)40)34-28(41)36-35-25(38)24-21-9-2-1-7-18(21)12-13-33-24/h1-14,20H,15-16H2,(H,35,38)(H2,34,36,41)/t20-/m1/s1. The van der Waals surface area contributed by atoms with E-state index in [1.54, 1.807) is 30.3 Å². The number of hydrogen-bond donors (Lipinski definition) is 3. The summed E-state index contributed by atoms with van der Waals surface area (Å²) in [7, 11) is 0. The number of thiocarbonyl (C=S) groups is 1. The number of nitrogens with one attached hydrogen (secondary N) is 3. The number of amides is 3. The van der Waals surface area contributed by atoms with Crippen molar-refractivity contribution in [1.82, 2.24) is 26.1 Å². The van der Waals surface area contributed by atoms with Crippen molar-refractivity contribution in [2.45, 2.75) is 18.6 Å². The number of carbonyl (C=O) groups excluding carboxylic acids is 3. The average Bonchev–Trinajstić information content (AvgIpc) is 3.20. The van der Waals surface area contributed by atoms with Crippen molar-refractivity contribution in [1.29, 1.82) is 0 Å². The zero-order chi connectivity index (χ0) is 29.1. The molecule has 0 aliphatic carbocycles. The Hall–Kier alpha value is -4.84. The van der Waals surface area contributed by atoms with Gasteiger partial charge in [0.15, 0.2) is 5.11 Å². The first-order valence-corrected chi connectivity index (χ1v) is 12.8. The third-order valence-corrected chi connectivity index (χ3v) is 6.75. The molecular weight excluding hydrogens is 555 g/mol. The number of fused-ring (bicyclic) bond motifs is 2. The number of alkyl halides is 3. The molecule has 8 nitrogen and oxygen atoms in total. The van der Waals surface area contributed by atoms with Crippen LogP contribution in [-0.4, -0.2) is 45.3 Å². The van der Waals surface area contributed by atoms with Gasteiger partial charge in [0.25, 0.3) is 17.7 Å². The Morgan fingerprint density at radius 2 is 1.59 bits per heavy atom. The van der Waals surface area contributed by atoms with Crippen LogP contribution in [-0.2, 0) is 12.6 Å². The molecule has 0 saturated heterocycles. The fraction of sp³-hybridized carbons (Fsp3) is 0.138. The molecule has 3 aromatic carbocycles. The molecule has 5 rings (SSSR count). The van der Waals surface area contributed by atoms with Gasteiger partial charge < -0.3 is 5.32 Å². The summed E-state index contributed by atoms with van der Waals surface area (Å²) in [6, 6.07) is 19.3. The molecule has 0 spiro atoms. The number of benzene rings is 3. The molecule has 4 aromatic rings. The fourth-order valence-electron chi connectivity index (χ4n) is 4.64. The van der Waals surface area contributed by atoms with Crippen LogP contribution in [0.3, 0.4) is 0 Å². The van der Waals surface area contributed by atoms with Gasteiger partial charge in [-0.1, -0.05) is 54.6 Å². The number of pyridine rings is 1. The predicted octanol–water partition coefficient (Wildman–Crippen LogP) is 4.27. The highest BCUT2D eigenvalue weighted by Crippen LogP contribution is 2.30. The zero-order valence-electron chi connectivity index (χ0n) is 21.2. The second-order valence-electron chi connectivity index (χ2n) is 9.30. The summed E-state index contributed by atoms with van der Waals surface area (Å²) in [6.45, 7) is -0.191. The van der Waals surface area contributed by atoms with E-state index in [1.807, 2.05) is 12.1 Å². The quantitative estimate of drug-likeness (QED) is 0.179. The van der Waals surface area contributed by atoms with Gasteiger partial charge in [0.2, 0.25) is 0 Å². The maximum atomic E-state index is 13.3. The van der Waals surface area contributed by atoms with E-state index in [0.717, 1.165) is 22.4 Å². The smallest absolute Gasteiger partial charge is 0.356 e. The number of aromatic nitrogens is 1. The van der Waals surface area contributed by atoms with Crippen molar-refractivity contribution in [2.24, 2.45) is 0 Å². The number of carbonyl (C=O) groups is 3. The summed E-state index contributed by atoms with van der Waals surface area (Å²) in [5, 5.41) is 4.28. The Morgan fingerprint density at radius 1 is 0.902 bits per heavy atom. The summed E-state index contributed by atoms with van der Waals surface area (Å²) < 4.78 is 40.0. The van der Waals surface area contributed by atoms with Crippen molar-refractivity contribution in [3.63, 3.8) is 0 Å². The molecule has 0 bridgehead atoms. The first-order valence-electron chi connectivity index (χ1n) is 12.4. The van der Waals surface area contributed by atoms with Crippen molar-refractivity contribution >= 4 is 45.8 Å². The lowest BCUT2D eigenvalue weighted by atomic mass is 10.0. The van der Waals surface area contributed by atoms with Crippen molar-refractivity contribution in [2.75, 3.05) is 6.54 Å². The SMILES string of the molecule is O=C(NNC(=S)N[C@H](Cc1cccc(C(F)(F)F)c1)CN1C(=O)c2ccccc2C1=O)c1nccc2ccccc12.